The fourth-order valence-electron chi connectivity index (χ4n) is 2.32. The average molecular weight is 328 g/mol. The lowest BCUT2D eigenvalue weighted by Crippen LogP contribution is -2.12. The van der Waals surface area contributed by atoms with Crippen molar-refractivity contribution < 1.29 is 27.9 Å². The first kappa shape index (κ1) is 15.7. The van der Waals surface area contributed by atoms with Crippen LogP contribution in [0.15, 0.2) is 46.9 Å². The summed E-state index contributed by atoms with van der Waals surface area (Å²) in [5, 5.41) is 0.548. The highest BCUT2D eigenvalue weighted by Gasteiger charge is 2.16. The third-order valence-electron chi connectivity index (χ3n) is 3.51. The topological polar surface area (TPSA) is 65.7 Å². The van der Waals surface area contributed by atoms with E-state index in [1.807, 2.05) is 0 Å². The number of halogens is 1. The van der Waals surface area contributed by atoms with Crippen LogP contribution in [0.5, 0.6) is 5.75 Å². The number of benzene rings is 2. The van der Waals surface area contributed by atoms with E-state index in [1.165, 1.54) is 31.4 Å². The third-order valence-corrected chi connectivity index (χ3v) is 3.51. The Bertz CT molecular complexity index is 896. The van der Waals surface area contributed by atoms with Gasteiger partial charge < -0.3 is 13.9 Å². The Morgan fingerprint density at radius 1 is 1.21 bits per heavy atom. The van der Waals surface area contributed by atoms with Crippen LogP contribution >= 0.6 is 0 Å². The molecule has 0 amide bonds. The molecule has 0 unspecified atom stereocenters. The highest BCUT2D eigenvalue weighted by molar-refractivity contribution is 6.03. The second-order valence-electron chi connectivity index (χ2n) is 4.99. The van der Waals surface area contributed by atoms with Crippen molar-refractivity contribution in [2.45, 2.75) is 0 Å². The SMILES string of the molecule is COC(=O)COc1ccc2oc(-c3ccc(F)cc3)c(C=O)c2c1. The van der Waals surface area contributed by atoms with Crippen molar-refractivity contribution in [3.8, 4) is 17.1 Å². The molecule has 0 radical (unpaired) electrons. The van der Waals surface area contributed by atoms with Crippen LogP contribution in [0.25, 0.3) is 22.3 Å². The standard InChI is InChI=1S/C18H13FO5/c1-22-17(21)10-23-13-6-7-16-14(8-13)15(9-20)18(24-16)11-2-4-12(19)5-3-11/h2-9H,10H2,1H3. The van der Waals surface area contributed by atoms with Gasteiger partial charge in [0.1, 0.15) is 22.9 Å². The second-order valence-corrected chi connectivity index (χ2v) is 4.99. The zero-order chi connectivity index (χ0) is 17.1. The van der Waals surface area contributed by atoms with Gasteiger partial charge in [-0.05, 0) is 42.5 Å². The van der Waals surface area contributed by atoms with Crippen molar-refractivity contribution in [3.63, 3.8) is 0 Å². The van der Waals surface area contributed by atoms with Gasteiger partial charge in [0.25, 0.3) is 0 Å². The number of esters is 1. The van der Waals surface area contributed by atoms with E-state index in [0.29, 0.717) is 39.9 Å². The summed E-state index contributed by atoms with van der Waals surface area (Å²) in [5.41, 5.74) is 1.41. The number of rotatable bonds is 5. The number of carbonyl (C=O) groups excluding carboxylic acids is 2. The number of methoxy groups -OCH3 is 1. The van der Waals surface area contributed by atoms with Crippen LogP contribution < -0.4 is 4.74 Å². The second kappa shape index (κ2) is 6.54. The monoisotopic (exact) mass is 328 g/mol. The van der Waals surface area contributed by atoms with Crippen molar-refractivity contribution in [1.29, 1.82) is 0 Å². The van der Waals surface area contributed by atoms with E-state index in [9.17, 15) is 14.0 Å². The highest BCUT2D eigenvalue weighted by atomic mass is 19.1. The molecule has 0 aliphatic carbocycles. The van der Waals surface area contributed by atoms with Gasteiger partial charge in [-0.15, -0.1) is 0 Å². The summed E-state index contributed by atoms with van der Waals surface area (Å²) in [6.07, 6.45) is 0.675. The highest BCUT2D eigenvalue weighted by Crippen LogP contribution is 2.34. The summed E-state index contributed by atoms with van der Waals surface area (Å²) >= 11 is 0. The smallest absolute Gasteiger partial charge is 0.343 e. The molecule has 3 rings (SSSR count). The Balaban J connectivity index is 2.01. The molecule has 6 heteroatoms. The zero-order valence-corrected chi connectivity index (χ0v) is 12.7. The Morgan fingerprint density at radius 2 is 1.96 bits per heavy atom. The van der Waals surface area contributed by atoms with Gasteiger partial charge in [-0.25, -0.2) is 9.18 Å². The minimum atomic E-state index is -0.509. The number of fused-ring (bicyclic) bond motifs is 1. The maximum atomic E-state index is 13.1. The summed E-state index contributed by atoms with van der Waals surface area (Å²) in [5.74, 6) is -0.126. The molecule has 0 saturated carbocycles. The predicted octanol–water partition coefficient (Wildman–Crippen LogP) is 3.60. The molecule has 1 aromatic heterocycles. The van der Waals surface area contributed by atoms with E-state index in [1.54, 1.807) is 18.2 Å². The van der Waals surface area contributed by atoms with Crippen LogP contribution in [0.1, 0.15) is 10.4 Å². The van der Waals surface area contributed by atoms with Crippen LogP contribution in [-0.4, -0.2) is 26.0 Å². The molecule has 5 nitrogen and oxygen atoms in total. The molecule has 0 spiro atoms. The van der Waals surface area contributed by atoms with Gasteiger partial charge in [-0.3, -0.25) is 4.79 Å². The van der Waals surface area contributed by atoms with Gasteiger partial charge in [0.05, 0.1) is 12.7 Å². The van der Waals surface area contributed by atoms with Crippen LogP contribution in [-0.2, 0) is 9.53 Å². The summed E-state index contributed by atoms with van der Waals surface area (Å²) in [4.78, 5) is 22.7. The van der Waals surface area contributed by atoms with Gasteiger partial charge in [0.2, 0.25) is 0 Å². The molecule has 0 aliphatic rings. The third kappa shape index (κ3) is 2.99. The maximum absolute atomic E-state index is 13.1. The van der Waals surface area contributed by atoms with E-state index in [2.05, 4.69) is 4.74 Å². The van der Waals surface area contributed by atoms with Crippen LogP contribution in [0, 0.1) is 5.82 Å². The summed E-state index contributed by atoms with van der Waals surface area (Å²) in [6.45, 7) is -0.235. The number of carbonyl (C=O) groups is 2. The minimum Gasteiger partial charge on any atom is -0.482 e. The molecule has 2 aromatic carbocycles. The molecule has 0 N–H and O–H groups in total. The van der Waals surface area contributed by atoms with E-state index in [4.69, 9.17) is 9.15 Å². The van der Waals surface area contributed by atoms with Gasteiger partial charge in [-0.1, -0.05) is 0 Å². The van der Waals surface area contributed by atoms with Gasteiger partial charge >= 0.3 is 5.97 Å². The Labute approximate surface area is 136 Å². The van der Waals surface area contributed by atoms with Crippen molar-refractivity contribution in [1.82, 2.24) is 0 Å². The fraction of sp³-hybridized carbons (Fsp3) is 0.111. The van der Waals surface area contributed by atoms with Crippen molar-refractivity contribution in [2.24, 2.45) is 0 Å². The van der Waals surface area contributed by atoms with Gasteiger partial charge in [-0.2, -0.15) is 0 Å². The number of ether oxygens (including phenoxy) is 2. The minimum absolute atomic E-state index is 0.235. The number of hydrogen-bond acceptors (Lipinski definition) is 5. The van der Waals surface area contributed by atoms with Crippen molar-refractivity contribution >= 4 is 23.2 Å². The predicted molar refractivity (Wildman–Crippen MR) is 84.5 cm³/mol. The Morgan fingerprint density at radius 3 is 2.62 bits per heavy atom. The molecular formula is C18H13FO5. The zero-order valence-electron chi connectivity index (χ0n) is 12.7. The first-order chi connectivity index (χ1) is 11.6. The number of hydrogen-bond donors (Lipinski definition) is 0. The van der Waals surface area contributed by atoms with E-state index < -0.39 is 5.97 Å². The van der Waals surface area contributed by atoms with E-state index in [0.717, 1.165) is 0 Å². The first-order valence-electron chi connectivity index (χ1n) is 7.09. The van der Waals surface area contributed by atoms with Crippen molar-refractivity contribution in [2.75, 3.05) is 13.7 Å². The molecule has 0 saturated heterocycles. The van der Waals surface area contributed by atoms with Crippen molar-refractivity contribution in [3.05, 3.63) is 53.8 Å². The molecule has 0 bridgehead atoms. The molecule has 3 aromatic rings. The molecule has 122 valence electrons. The molecular weight excluding hydrogens is 315 g/mol. The first-order valence-corrected chi connectivity index (χ1v) is 7.09. The normalized spacial score (nSPS) is 10.6. The Kier molecular flexibility index (Phi) is 4.29. The molecule has 1 heterocycles. The number of aldehydes is 1. The molecule has 0 fully saturated rings. The molecule has 24 heavy (non-hydrogen) atoms. The quantitative estimate of drug-likeness (QED) is 0.529. The van der Waals surface area contributed by atoms with Crippen LogP contribution in [0.3, 0.4) is 0 Å². The van der Waals surface area contributed by atoms with E-state index >= 15 is 0 Å². The lowest BCUT2D eigenvalue weighted by molar-refractivity contribution is -0.142. The van der Waals surface area contributed by atoms with Gasteiger partial charge in [0, 0.05) is 10.9 Å². The Hall–Kier alpha value is -3.15. The summed E-state index contributed by atoms with van der Waals surface area (Å²) in [6, 6.07) is 10.5. The summed E-state index contributed by atoms with van der Waals surface area (Å²) < 4.78 is 28.6. The molecule has 0 atom stereocenters. The molecule has 0 aliphatic heterocycles. The average Bonchev–Trinajstić information content (AvgIpc) is 2.97. The van der Waals surface area contributed by atoms with Gasteiger partial charge in [0.15, 0.2) is 12.9 Å². The number of furan rings is 1. The van der Waals surface area contributed by atoms with Crippen LogP contribution in [0.2, 0.25) is 0 Å². The maximum Gasteiger partial charge on any atom is 0.343 e. The fourth-order valence-corrected chi connectivity index (χ4v) is 2.32. The summed E-state index contributed by atoms with van der Waals surface area (Å²) in [7, 11) is 1.27. The lowest BCUT2D eigenvalue weighted by Gasteiger charge is -2.04. The largest absolute Gasteiger partial charge is 0.482 e. The lowest BCUT2D eigenvalue weighted by atomic mass is 10.1. The van der Waals surface area contributed by atoms with Crippen LogP contribution in [0.4, 0.5) is 4.39 Å². The van der Waals surface area contributed by atoms with E-state index in [-0.39, 0.29) is 12.4 Å².